The Morgan fingerprint density at radius 1 is 1.48 bits per heavy atom. The zero-order chi connectivity index (χ0) is 15.2. The molecule has 1 fully saturated rings. The quantitative estimate of drug-likeness (QED) is 0.859. The monoisotopic (exact) mass is 295 g/mol. The Bertz CT molecular complexity index is 488. The molecule has 1 saturated heterocycles. The van der Waals surface area contributed by atoms with E-state index < -0.39 is 5.82 Å². The van der Waals surface area contributed by atoms with Crippen LogP contribution in [0.2, 0.25) is 0 Å². The second kappa shape index (κ2) is 7.19. The molecule has 0 aromatic carbocycles. The van der Waals surface area contributed by atoms with Gasteiger partial charge in [-0.1, -0.05) is 6.92 Å². The number of aromatic nitrogens is 2. The fraction of sp³-hybridized carbons (Fsp3) is 0.643. The molecule has 0 radical (unpaired) electrons. The van der Waals surface area contributed by atoms with Crippen LogP contribution in [0.15, 0.2) is 6.20 Å². The molecule has 21 heavy (non-hydrogen) atoms. The van der Waals surface area contributed by atoms with E-state index in [4.69, 9.17) is 0 Å². The van der Waals surface area contributed by atoms with Crippen molar-refractivity contribution in [2.75, 3.05) is 36.9 Å². The third kappa shape index (κ3) is 3.80. The standard InChI is InChI=1S/C14H22FN5O/c1-3-6-17-14-18-9-11(15)12(19-14)20-7-4-10(5-8-20)13(21)16-2/h9-10H,3-8H2,1-2H3,(H,16,21)(H,17,18,19). The van der Waals surface area contributed by atoms with E-state index in [2.05, 4.69) is 20.6 Å². The Morgan fingerprint density at radius 2 is 2.19 bits per heavy atom. The normalized spacial score (nSPS) is 15.9. The van der Waals surface area contributed by atoms with Gasteiger partial charge in [0.1, 0.15) is 0 Å². The van der Waals surface area contributed by atoms with Crippen molar-refractivity contribution in [2.24, 2.45) is 5.92 Å². The first kappa shape index (κ1) is 15.5. The number of nitrogens with zero attached hydrogens (tertiary/aromatic N) is 3. The summed E-state index contributed by atoms with van der Waals surface area (Å²) >= 11 is 0. The molecule has 0 unspecified atom stereocenters. The molecule has 0 bridgehead atoms. The summed E-state index contributed by atoms with van der Waals surface area (Å²) in [7, 11) is 1.64. The molecule has 2 N–H and O–H groups in total. The second-order valence-electron chi connectivity index (χ2n) is 5.17. The highest BCUT2D eigenvalue weighted by molar-refractivity contribution is 5.78. The van der Waals surface area contributed by atoms with E-state index in [9.17, 15) is 9.18 Å². The number of nitrogens with one attached hydrogen (secondary N) is 2. The van der Waals surface area contributed by atoms with Crippen LogP contribution in [-0.4, -0.2) is 42.6 Å². The number of carbonyl (C=O) groups is 1. The van der Waals surface area contributed by atoms with Crippen molar-refractivity contribution in [3.8, 4) is 0 Å². The van der Waals surface area contributed by atoms with Crippen molar-refractivity contribution in [2.45, 2.75) is 26.2 Å². The first-order valence-electron chi connectivity index (χ1n) is 7.38. The van der Waals surface area contributed by atoms with E-state index in [1.807, 2.05) is 11.8 Å². The molecular weight excluding hydrogens is 273 g/mol. The molecule has 0 atom stereocenters. The van der Waals surface area contributed by atoms with Gasteiger partial charge >= 0.3 is 0 Å². The zero-order valence-corrected chi connectivity index (χ0v) is 12.5. The molecule has 1 amide bonds. The van der Waals surface area contributed by atoms with Gasteiger partial charge in [-0.3, -0.25) is 4.79 Å². The zero-order valence-electron chi connectivity index (χ0n) is 12.5. The van der Waals surface area contributed by atoms with E-state index in [0.29, 0.717) is 37.7 Å². The van der Waals surface area contributed by atoms with Gasteiger partial charge < -0.3 is 15.5 Å². The highest BCUT2D eigenvalue weighted by atomic mass is 19.1. The molecular formula is C14H22FN5O. The van der Waals surface area contributed by atoms with Gasteiger partial charge in [-0.15, -0.1) is 0 Å². The van der Waals surface area contributed by atoms with Crippen LogP contribution >= 0.6 is 0 Å². The van der Waals surface area contributed by atoms with Gasteiger partial charge in [0.05, 0.1) is 6.20 Å². The van der Waals surface area contributed by atoms with Gasteiger partial charge in [0.25, 0.3) is 0 Å². The summed E-state index contributed by atoms with van der Waals surface area (Å²) in [6, 6.07) is 0. The fourth-order valence-corrected chi connectivity index (χ4v) is 2.46. The third-order valence-corrected chi connectivity index (χ3v) is 3.67. The number of halogens is 1. The Hall–Kier alpha value is -1.92. The smallest absolute Gasteiger partial charge is 0.224 e. The number of amides is 1. The van der Waals surface area contributed by atoms with Crippen LogP contribution in [0, 0.1) is 11.7 Å². The number of hydrogen-bond acceptors (Lipinski definition) is 5. The number of carbonyl (C=O) groups excluding carboxylic acids is 1. The molecule has 6 nitrogen and oxygen atoms in total. The molecule has 1 aliphatic rings. The van der Waals surface area contributed by atoms with Crippen LogP contribution in [0.5, 0.6) is 0 Å². The van der Waals surface area contributed by atoms with Crippen molar-refractivity contribution in [1.82, 2.24) is 15.3 Å². The predicted octanol–water partition coefficient (Wildman–Crippen LogP) is 1.40. The van der Waals surface area contributed by atoms with Crippen LogP contribution in [0.1, 0.15) is 26.2 Å². The van der Waals surface area contributed by atoms with Crippen LogP contribution in [-0.2, 0) is 4.79 Å². The van der Waals surface area contributed by atoms with E-state index >= 15 is 0 Å². The number of piperidine rings is 1. The lowest BCUT2D eigenvalue weighted by atomic mass is 9.96. The molecule has 0 saturated carbocycles. The first-order valence-corrected chi connectivity index (χ1v) is 7.38. The summed E-state index contributed by atoms with van der Waals surface area (Å²) in [5.74, 6) is 0.410. The Kier molecular flexibility index (Phi) is 5.30. The summed E-state index contributed by atoms with van der Waals surface area (Å²) in [4.78, 5) is 21.7. The summed E-state index contributed by atoms with van der Waals surface area (Å²) in [6.07, 6.45) is 3.57. The van der Waals surface area contributed by atoms with Crippen LogP contribution in [0.4, 0.5) is 16.2 Å². The molecule has 7 heteroatoms. The van der Waals surface area contributed by atoms with Crippen molar-refractivity contribution in [3.63, 3.8) is 0 Å². The lowest BCUT2D eigenvalue weighted by molar-refractivity contribution is -0.125. The molecule has 2 rings (SSSR count). The van der Waals surface area contributed by atoms with Crippen LogP contribution in [0.3, 0.4) is 0 Å². The third-order valence-electron chi connectivity index (χ3n) is 3.67. The maximum absolute atomic E-state index is 13.9. The van der Waals surface area contributed by atoms with Gasteiger partial charge in [0.15, 0.2) is 11.6 Å². The summed E-state index contributed by atoms with van der Waals surface area (Å²) in [5, 5.41) is 5.72. The highest BCUT2D eigenvalue weighted by Gasteiger charge is 2.26. The molecule has 1 aromatic heterocycles. The number of anilines is 2. The Morgan fingerprint density at radius 3 is 2.81 bits per heavy atom. The van der Waals surface area contributed by atoms with Crippen molar-refractivity contribution < 1.29 is 9.18 Å². The molecule has 0 aliphatic carbocycles. The number of rotatable bonds is 5. The topological polar surface area (TPSA) is 70.2 Å². The molecule has 1 aromatic rings. The summed E-state index contributed by atoms with van der Waals surface area (Å²) < 4.78 is 13.9. The Labute approximate surface area is 124 Å². The van der Waals surface area contributed by atoms with Crippen LogP contribution < -0.4 is 15.5 Å². The molecule has 2 heterocycles. The van der Waals surface area contributed by atoms with Crippen LogP contribution in [0.25, 0.3) is 0 Å². The lowest BCUT2D eigenvalue weighted by Crippen LogP contribution is -2.40. The van der Waals surface area contributed by atoms with Gasteiger partial charge in [-0.2, -0.15) is 4.98 Å². The van der Waals surface area contributed by atoms with E-state index in [1.54, 1.807) is 7.05 Å². The summed E-state index contributed by atoms with van der Waals surface area (Å²) in [5.41, 5.74) is 0. The largest absolute Gasteiger partial charge is 0.359 e. The minimum Gasteiger partial charge on any atom is -0.359 e. The fourth-order valence-electron chi connectivity index (χ4n) is 2.46. The van der Waals surface area contributed by atoms with Gasteiger partial charge in [-0.25, -0.2) is 9.37 Å². The van der Waals surface area contributed by atoms with Gasteiger partial charge in [-0.05, 0) is 19.3 Å². The molecule has 1 aliphatic heterocycles. The SMILES string of the molecule is CCCNc1ncc(F)c(N2CCC(C(=O)NC)CC2)n1. The molecule has 116 valence electrons. The van der Waals surface area contributed by atoms with Crippen molar-refractivity contribution in [3.05, 3.63) is 12.0 Å². The van der Waals surface area contributed by atoms with Gasteiger partial charge in [0, 0.05) is 32.6 Å². The van der Waals surface area contributed by atoms with E-state index in [-0.39, 0.29) is 11.8 Å². The molecule has 0 spiro atoms. The highest BCUT2D eigenvalue weighted by Crippen LogP contribution is 2.24. The van der Waals surface area contributed by atoms with E-state index in [1.165, 1.54) is 6.20 Å². The number of hydrogen-bond donors (Lipinski definition) is 2. The predicted molar refractivity (Wildman–Crippen MR) is 79.8 cm³/mol. The average Bonchev–Trinajstić information content (AvgIpc) is 2.53. The van der Waals surface area contributed by atoms with Gasteiger partial charge in [0.2, 0.25) is 11.9 Å². The average molecular weight is 295 g/mol. The first-order chi connectivity index (χ1) is 10.2. The maximum atomic E-state index is 13.9. The van der Waals surface area contributed by atoms with Crippen molar-refractivity contribution in [1.29, 1.82) is 0 Å². The van der Waals surface area contributed by atoms with E-state index in [0.717, 1.165) is 13.0 Å². The van der Waals surface area contributed by atoms with Crippen molar-refractivity contribution >= 4 is 17.7 Å². The Balaban J connectivity index is 2.03. The maximum Gasteiger partial charge on any atom is 0.224 e. The lowest BCUT2D eigenvalue weighted by Gasteiger charge is -2.32. The minimum absolute atomic E-state index is 0.00818. The summed E-state index contributed by atoms with van der Waals surface area (Å²) in [6.45, 7) is 4.04. The minimum atomic E-state index is -0.421. The second-order valence-corrected chi connectivity index (χ2v) is 5.17.